The molecule has 0 aromatic heterocycles. The Hall–Kier alpha value is -2.05. The maximum Gasteiger partial charge on any atom is 0.246 e. The number of hydrogen-bond acceptors (Lipinski definition) is 5. The van der Waals surface area contributed by atoms with E-state index in [2.05, 4.69) is 11.0 Å². The van der Waals surface area contributed by atoms with Crippen LogP contribution in [-0.2, 0) is 16.6 Å². The van der Waals surface area contributed by atoms with Crippen LogP contribution in [0.1, 0.15) is 81.8 Å². The van der Waals surface area contributed by atoms with Gasteiger partial charge in [-0.05, 0) is 88.3 Å². The molecule has 198 valence electrons. The average molecular weight is 505 g/mol. The third-order valence-electron chi connectivity index (χ3n) is 11.7. The molecule has 2 spiro atoms. The van der Waals surface area contributed by atoms with Gasteiger partial charge in [0.15, 0.2) is 11.5 Å². The molecular formula is C31H40N2O4. The Labute approximate surface area is 219 Å². The number of carbonyl (C=O) groups excluding carboxylic acids is 1. The largest absolute Gasteiger partial charge is 0.504 e. The van der Waals surface area contributed by atoms with Gasteiger partial charge in [-0.2, -0.15) is 0 Å². The number of rotatable bonds is 3. The number of carbonyl (C=O) groups is 1. The van der Waals surface area contributed by atoms with Gasteiger partial charge < -0.3 is 19.8 Å². The minimum atomic E-state index is -0.863. The van der Waals surface area contributed by atoms with Crippen molar-refractivity contribution in [1.82, 2.24) is 9.80 Å². The number of aromatic hydroxyl groups is 1. The lowest BCUT2D eigenvalue weighted by molar-refractivity contribution is -0.218. The van der Waals surface area contributed by atoms with Gasteiger partial charge in [0.05, 0.1) is 11.0 Å². The summed E-state index contributed by atoms with van der Waals surface area (Å²) in [5.41, 5.74) is 1.95. The van der Waals surface area contributed by atoms with Crippen molar-refractivity contribution in [2.45, 2.75) is 100 Å². The van der Waals surface area contributed by atoms with Crippen molar-refractivity contribution in [2.24, 2.45) is 11.3 Å². The summed E-state index contributed by atoms with van der Waals surface area (Å²) in [6.07, 6.45) is 14.2. The molecule has 3 heterocycles. The SMILES string of the molecule is O=C(/C=C1\CC[C@]12CC[C@@]1(O)[C@H]3Cc4ccc(O)c5c4[C@@]1(CCN3CC1CC1)[C@H]2O5)N1CCCCCC1. The van der Waals surface area contributed by atoms with Gasteiger partial charge in [-0.25, -0.2) is 0 Å². The molecule has 5 fully saturated rings. The first-order valence-corrected chi connectivity index (χ1v) is 14.9. The predicted octanol–water partition coefficient (Wildman–Crippen LogP) is 4.07. The Balaban J connectivity index is 1.21. The standard InChI is InChI=1S/C31H40N2O4/c34-23-8-7-21-17-24-31(36)12-11-29(10-9-22(29)18-25(35)32-14-3-1-2-4-15-32)28-30(31,26(21)27(23)37-28)13-16-33(24)19-20-5-6-20/h7-8,18,20,24,28,34,36H,1-6,9-17,19H2/b22-18+/t24-,28+,29+,30+,31-/m1/s1. The predicted molar refractivity (Wildman–Crippen MR) is 140 cm³/mol. The molecule has 3 saturated carbocycles. The second-order valence-corrected chi connectivity index (χ2v) is 13.3. The van der Waals surface area contributed by atoms with Crippen LogP contribution in [0.3, 0.4) is 0 Å². The van der Waals surface area contributed by atoms with E-state index in [9.17, 15) is 15.0 Å². The van der Waals surface area contributed by atoms with Crippen LogP contribution in [0.2, 0.25) is 0 Å². The van der Waals surface area contributed by atoms with Crippen LogP contribution in [0.4, 0.5) is 0 Å². The van der Waals surface area contributed by atoms with E-state index in [1.165, 1.54) is 36.8 Å². The summed E-state index contributed by atoms with van der Waals surface area (Å²) in [5.74, 6) is 1.76. The second-order valence-electron chi connectivity index (χ2n) is 13.3. The summed E-state index contributed by atoms with van der Waals surface area (Å²) in [6.45, 7) is 3.79. The highest BCUT2D eigenvalue weighted by Gasteiger charge is 2.77. The number of phenolic OH excluding ortho intramolecular Hbond substituents is 1. The van der Waals surface area contributed by atoms with Gasteiger partial charge in [-0.3, -0.25) is 9.69 Å². The third kappa shape index (κ3) is 2.92. The van der Waals surface area contributed by atoms with E-state index >= 15 is 0 Å². The van der Waals surface area contributed by atoms with Gasteiger partial charge >= 0.3 is 0 Å². The number of amides is 1. The van der Waals surface area contributed by atoms with Gasteiger partial charge in [0.1, 0.15) is 6.10 Å². The van der Waals surface area contributed by atoms with E-state index in [1.54, 1.807) is 6.07 Å². The summed E-state index contributed by atoms with van der Waals surface area (Å²) in [7, 11) is 0. The van der Waals surface area contributed by atoms with Gasteiger partial charge in [0.25, 0.3) is 0 Å². The van der Waals surface area contributed by atoms with Crippen molar-refractivity contribution in [3.05, 3.63) is 34.9 Å². The van der Waals surface area contributed by atoms with E-state index in [-0.39, 0.29) is 29.2 Å². The van der Waals surface area contributed by atoms with E-state index in [0.717, 1.165) is 89.0 Å². The fraction of sp³-hybridized carbons (Fsp3) is 0.710. The van der Waals surface area contributed by atoms with Crippen LogP contribution < -0.4 is 4.74 Å². The molecule has 37 heavy (non-hydrogen) atoms. The minimum absolute atomic E-state index is 0.0968. The molecule has 4 aliphatic carbocycles. The lowest BCUT2D eigenvalue weighted by atomic mass is 9.40. The number of benzene rings is 1. The zero-order chi connectivity index (χ0) is 25.0. The number of piperidine rings is 1. The first-order valence-electron chi connectivity index (χ1n) is 14.9. The Morgan fingerprint density at radius 3 is 2.59 bits per heavy atom. The van der Waals surface area contributed by atoms with Gasteiger partial charge in [0.2, 0.25) is 5.91 Å². The number of fused-ring (bicyclic) bond motifs is 1. The Kier molecular flexibility index (Phi) is 4.80. The molecule has 0 radical (unpaired) electrons. The molecule has 2 bridgehead atoms. The highest BCUT2D eigenvalue weighted by Crippen LogP contribution is 2.72. The van der Waals surface area contributed by atoms with Crippen molar-refractivity contribution < 1.29 is 19.7 Å². The lowest BCUT2D eigenvalue weighted by Gasteiger charge is -2.68. The van der Waals surface area contributed by atoms with E-state index in [4.69, 9.17) is 4.74 Å². The topological polar surface area (TPSA) is 73.2 Å². The zero-order valence-electron chi connectivity index (χ0n) is 21.9. The first-order chi connectivity index (χ1) is 18.0. The van der Waals surface area contributed by atoms with E-state index in [1.807, 2.05) is 11.0 Å². The number of aliphatic hydroxyl groups is 1. The average Bonchev–Trinajstić information content (AvgIpc) is 3.67. The Morgan fingerprint density at radius 2 is 1.86 bits per heavy atom. The molecule has 2 N–H and O–H groups in total. The van der Waals surface area contributed by atoms with Crippen LogP contribution in [0.25, 0.3) is 0 Å². The molecule has 6 nitrogen and oxygen atoms in total. The van der Waals surface area contributed by atoms with Crippen molar-refractivity contribution in [3.8, 4) is 11.5 Å². The molecule has 5 atom stereocenters. The summed E-state index contributed by atoms with van der Waals surface area (Å²) < 4.78 is 6.84. The third-order valence-corrected chi connectivity index (χ3v) is 11.7. The van der Waals surface area contributed by atoms with Crippen molar-refractivity contribution >= 4 is 5.91 Å². The Morgan fingerprint density at radius 1 is 1.05 bits per heavy atom. The van der Waals surface area contributed by atoms with Crippen LogP contribution in [0, 0.1) is 11.3 Å². The lowest BCUT2D eigenvalue weighted by Crippen LogP contribution is -2.78. The van der Waals surface area contributed by atoms with Gasteiger partial charge in [0, 0.05) is 42.7 Å². The summed E-state index contributed by atoms with van der Waals surface area (Å²) in [4.78, 5) is 18.0. The van der Waals surface area contributed by atoms with E-state index in [0.29, 0.717) is 5.75 Å². The van der Waals surface area contributed by atoms with Crippen LogP contribution in [-0.4, -0.2) is 69.8 Å². The number of likely N-dealkylation sites (tertiary alicyclic amines) is 2. The summed E-state index contributed by atoms with van der Waals surface area (Å²) in [6, 6.07) is 3.97. The van der Waals surface area contributed by atoms with Crippen molar-refractivity contribution in [2.75, 3.05) is 26.2 Å². The fourth-order valence-corrected chi connectivity index (χ4v) is 9.53. The Bertz CT molecular complexity index is 1180. The molecule has 3 aliphatic heterocycles. The van der Waals surface area contributed by atoms with Crippen molar-refractivity contribution in [1.29, 1.82) is 0 Å². The number of hydrogen-bond donors (Lipinski definition) is 2. The number of ether oxygens (including phenoxy) is 1. The maximum absolute atomic E-state index is 13.4. The summed E-state index contributed by atoms with van der Waals surface area (Å²) >= 11 is 0. The molecule has 1 aromatic carbocycles. The molecule has 8 rings (SSSR count). The maximum atomic E-state index is 13.4. The molecule has 6 heteroatoms. The smallest absolute Gasteiger partial charge is 0.246 e. The molecule has 7 aliphatic rings. The molecule has 2 saturated heterocycles. The first kappa shape index (κ1) is 22.9. The highest BCUT2D eigenvalue weighted by molar-refractivity contribution is 5.89. The minimum Gasteiger partial charge on any atom is -0.504 e. The van der Waals surface area contributed by atoms with E-state index < -0.39 is 11.0 Å². The molecule has 1 amide bonds. The number of phenols is 1. The quantitative estimate of drug-likeness (QED) is 0.608. The van der Waals surface area contributed by atoms with Gasteiger partial charge in [-0.1, -0.05) is 24.5 Å². The monoisotopic (exact) mass is 504 g/mol. The van der Waals surface area contributed by atoms with Crippen LogP contribution in [0.5, 0.6) is 11.5 Å². The van der Waals surface area contributed by atoms with Crippen molar-refractivity contribution in [3.63, 3.8) is 0 Å². The summed E-state index contributed by atoms with van der Waals surface area (Å²) in [5, 5.41) is 23.7. The highest BCUT2D eigenvalue weighted by atomic mass is 16.5. The second kappa shape index (κ2) is 7.75. The zero-order valence-corrected chi connectivity index (χ0v) is 21.9. The molecule has 1 aromatic rings. The molecular weight excluding hydrogens is 464 g/mol. The fourth-order valence-electron chi connectivity index (χ4n) is 9.53. The normalized spacial score (nSPS) is 41.2. The van der Waals surface area contributed by atoms with Crippen LogP contribution >= 0.6 is 0 Å². The number of nitrogens with zero attached hydrogens (tertiary/aromatic N) is 2. The molecule has 0 unspecified atom stereocenters. The van der Waals surface area contributed by atoms with Crippen LogP contribution in [0.15, 0.2) is 23.8 Å². The van der Waals surface area contributed by atoms with Gasteiger partial charge in [-0.15, -0.1) is 0 Å².